The molecule has 0 aliphatic rings. The van der Waals surface area contributed by atoms with Crippen LogP contribution in [-0.2, 0) is 6.54 Å². The molecule has 0 atom stereocenters. The molecule has 0 saturated carbocycles. The van der Waals surface area contributed by atoms with E-state index in [-0.39, 0.29) is 0 Å². The largest absolute Gasteiger partial charge is 0.387 e. The quantitative estimate of drug-likeness (QED) is 0.167. The van der Waals surface area contributed by atoms with Gasteiger partial charge in [-0.25, -0.2) is 0 Å². The summed E-state index contributed by atoms with van der Waals surface area (Å²) in [5, 5.41) is 12.1. The topological polar surface area (TPSA) is 41.7 Å². The summed E-state index contributed by atoms with van der Waals surface area (Å²) in [4.78, 5) is 1.99. The SMILES string of the molecule is C=Cc1ccc(Cn2c(=NN=CSc3ccccc3NC)sc3ccccc32)cc1. The second kappa shape index (κ2) is 9.61. The summed E-state index contributed by atoms with van der Waals surface area (Å²) in [6, 6.07) is 24.9. The van der Waals surface area contributed by atoms with Gasteiger partial charge in [-0.05, 0) is 35.4 Å². The van der Waals surface area contributed by atoms with Gasteiger partial charge in [0.1, 0.15) is 0 Å². The number of thiazole rings is 1. The fraction of sp³-hybridized carbons (Fsp3) is 0.0833. The molecule has 4 rings (SSSR count). The fourth-order valence-electron chi connectivity index (χ4n) is 3.12. The van der Waals surface area contributed by atoms with Gasteiger partial charge in [0.15, 0.2) is 0 Å². The van der Waals surface area contributed by atoms with Crippen molar-refractivity contribution in [2.24, 2.45) is 10.2 Å². The van der Waals surface area contributed by atoms with Crippen molar-refractivity contribution in [1.29, 1.82) is 0 Å². The summed E-state index contributed by atoms with van der Waals surface area (Å²) >= 11 is 3.20. The fourth-order valence-corrected chi connectivity index (χ4v) is 4.77. The third-order valence-electron chi connectivity index (χ3n) is 4.67. The molecular weight excluding hydrogens is 408 g/mol. The summed E-state index contributed by atoms with van der Waals surface area (Å²) in [6.07, 6.45) is 1.86. The van der Waals surface area contributed by atoms with E-state index in [9.17, 15) is 0 Å². The minimum absolute atomic E-state index is 0.742. The predicted octanol–water partition coefficient (Wildman–Crippen LogP) is 6.07. The van der Waals surface area contributed by atoms with Crippen LogP contribution in [0.3, 0.4) is 0 Å². The molecule has 0 unspecified atom stereocenters. The lowest BCUT2D eigenvalue weighted by atomic mass is 10.1. The van der Waals surface area contributed by atoms with Crippen LogP contribution in [0.25, 0.3) is 16.3 Å². The molecule has 0 spiro atoms. The molecule has 150 valence electrons. The number of nitrogens with one attached hydrogen (secondary N) is 1. The molecule has 3 aromatic carbocycles. The molecule has 30 heavy (non-hydrogen) atoms. The second-order valence-corrected chi connectivity index (χ2v) is 8.46. The number of benzene rings is 3. The van der Waals surface area contributed by atoms with E-state index in [1.54, 1.807) is 28.6 Å². The monoisotopic (exact) mass is 430 g/mol. The first-order valence-corrected chi connectivity index (χ1v) is 11.3. The van der Waals surface area contributed by atoms with Crippen molar-refractivity contribution in [3.05, 3.63) is 95.3 Å². The van der Waals surface area contributed by atoms with Gasteiger partial charge in [0, 0.05) is 17.6 Å². The van der Waals surface area contributed by atoms with Crippen LogP contribution in [0, 0.1) is 0 Å². The lowest BCUT2D eigenvalue weighted by Gasteiger charge is -2.06. The summed E-state index contributed by atoms with van der Waals surface area (Å²) in [7, 11) is 1.92. The first-order valence-electron chi connectivity index (χ1n) is 9.57. The Morgan fingerprint density at radius 3 is 2.60 bits per heavy atom. The van der Waals surface area contributed by atoms with Crippen molar-refractivity contribution in [1.82, 2.24) is 4.57 Å². The Balaban J connectivity index is 1.64. The van der Waals surface area contributed by atoms with Crippen LogP contribution in [0.4, 0.5) is 5.69 Å². The zero-order valence-corrected chi connectivity index (χ0v) is 18.3. The van der Waals surface area contributed by atoms with Gasteiger partial charge < -0.3 is 9.88 Å². The number of hydrogen-bond acceptors (Lipinski definition) is 5. The number of para-hydroxylation sites is 2. The van der Waals surface area contributed by atoms with Gasteiger partial charge >= 0.3 is 0 Å². The highest BCUT2D eigenvalue weighted by atomic mass is 32.2. The van der Waals surface area contributed by atoms with E-state index >= 15 is 0 Å². The van der Waals surface area contributed by atoms with E-state index in [1.807, 2.05) is 31.3 Å². The van der Waals surface area contributed by atoms with Gasteiger partial charge in [-0.15, -0.1) is 10.2 Å². The molecule has 1 N–H and O–H groups in total. The minimum atomic E-state index is 0.742. The zero-order chi connectivity index (χ0) is 20.8. The summed E-state index contributed by atoms with van der Waals surface area (Å²) < 4.78 is 3.41. The minimum Gasteiger partial charge on any atom is -0.387 e. The number of thioether (sulfide) groups is 1. The van der Waals surface area contributed by atoms with Gasteiger partial charge in [0.25, 0.3) is 0 Å². The Morgan fingerprint density at radius 1 is 1.03 bits per heavy atom. The molecular formula is C24H22N4S2. The van der Waals surface area contributed by atoms with Gasteiger partial charge in [0.05, 0.1) is 22.3 Å². The van der Waals surface area contributed by atoms with Crippen LogP contribution >= 0.6 is 23.1 Å². The van der Waals surface area contributed by atoms with Crippen LogP contribution < -0.4 is 10.1 Å². The Labute approximate surface area is 184 Å². The van der Waals surface area contributed by atoms with E-state index in [0.717, 1.165) is 33.0 Å². The highest BCUT2D eigenvalue weighted by Gasteiger charge is 2.06. The third kappa shape index (κ3) is 4.56. The van der Waals surface area contributed by atoms with Crippen LogP contribution in [0.15, 0.2) is 94.5 Å². The molecule has 0 aliphatic heterocycles. The average molecular weight is 431 g/mol. The standard InChI is InChI=1S/C24H22N4S2/c1-3-18-12-14-19(15-13-18)16-28-21-9-5-7-11-23(21)30-24(28)27-26-17-29-22-10-6-4-8-20(22)25-2/h3-15,17,25H,1,16H2,2H3. The summed E-state index contributed by atoms with van der Waals surface area (Å²) in [5.74, 6) is 0. The Kier molecular flexibility index (Phi) is 6.47. The molecule has 1 heterocycles. The lowest BCUT2D eigenvalue weighted by molar-refractivity contribution is 0.790. The number of anilines is 1. The van der Waals surface area contributed by atoms with Crippen molar-refractivity contribution < 1.29 is 0 Å². The second-order valence-electron chi connectivity index (χ2n) is 6.57. The number of fused-ring (bicyclic) bond motifs is 1. The van der Waals surface area contributed by atoms with Gasteiger partial charge in [0.2, 0.25) is 4.80 Å². The first kappa shape index (κ1) is 20.2. The van der Waals surface area contributed by atoms with Crippen molar-refractivity contribution >= 4 is 50.6 Å². The maximum absolute atomic E-state index is 4.54. The van der Waals surface area contributed by atoms with E-state index in [2.05, 4.69) is 81.3 Å². The number of nitrogens with zero attached hydrogens (tertiary/aromatic N) is 3. The normalized spacial score (nSPS) is 12.0. The third-order valence-corrected chi connectivity index (χ3v) is 6.53. The Hall–Kier alpha value is -3.09. The van der Waals surface area contributed by atoms with Gasteiger partial charge in [-0.3, -0.25) is 0 Å². The van der Waals surface area contributed by atoms with E-state index in [0.29, 0.717) is 0 Å². The molecule has 6 heteroatoms. The molecule has 0 saturated heterocycles. The molecule has 0 aliphatic carbocycles. The van der Waals surface area contributed by atoms with Crippen LogP contribution in [-0.4, -0.2) is 17.2 Å². The van der Waals surface area contributed by atoms with Crippen molar-refractivity contribution in [2.45, 2.75) is 11.4 Å². The highest BCUT2D eigenvalue weighted by Crippen LogP contribution is 2.24. The molecule has 0 radical (unpaired) electrons. The van der Waals surface area contributed by atoms with Crippen molar-refractivity contribution in [2.75, 3.05) is 12.4 Å². The Morgan fingerprint density at radius 2 is 1.80 bits per heavy atom. The van der Waals surface area contributed by atoms with E-state index < -0.39 is 0 Å². The average Bonchev–Trinajstić information content (AvgIpc) is 3.14. The zero-order valence-electron chi connectivity index (χ0n) is 16.7. The van der Waals surface area contributed by atoms with Crippen LogP contribution in [0.1, 0.15) is 11.1 Å². The number of rotatable bonds is 7. The Bertz CT molecular complexity index is 1250. The maximum Gasteiger partial charge on any atom is 0.211 e. The highest BCUT2D eigenvalue weighted by molar-refractivity contribution is 8.12. The van der Waals surface area contributed by atoms with Crippen molar-refractivity contribution in [3.8, 4) is 0 Å². The first-order chi connectivity index (χ1) is 14.8. The molecule has 0 bridgehead atoms. The molecule has 0 fully saturated rings. The molecule has 4 nitrogen and oxygen atoms in total. The van der Waals surface area contributed by atoms with E-state index in [4.69, 9.17) is 0 Å². The summed E-state index contributed by atoms with van der Waals surface area (Å²) in [6.45, 7) is 4.57. The van der Waals surface area contributed by atoms with Crippen LogP contribution in [0.2, 0.25) is 0 Å². The van der Waals surface area contributed by atoms with Crippen molar-refractivity contribution in [3.63, 3.8) is 0 Å². The smallest absolute Gasteiger partial charge is 0.211 e. The van der Waals surface area contributed by atoms with Crippen LogP contribution in [0.5, 0.6) is 0 Å². The molecule has 0 amide bonds. The van der Waals surface area contributed by atoms with E-state index in [1.165, 1.54) is 10.3 Å². The maximum atomic E-state index is 4.54. The van der Waals surface area contributed by atoms with Gasteiger partial charge in [-0.2, -0.15) is 0 Å². The lowest BCUT2D eigenvalue weighted by Crippen LogP contribution is -2.15. The number of hydrogen-bond donors (Lipinski definition) is 1. The van der Waals surface area contributed by atoms with Gasteiger partial charge in [-0.1, -0.05) is 84.3 Å². The summed E-state index contributed by atoms with van der Waals surface area (Å²) in [5.41, 5.74) is 6.36. The molecule has 4 aromatic rings. The predicted molar refractivity (Wildman–Crippen MR) is 131 cm³/mol. The number of aromatic nitrogens is 1. The molecule has 1 aromatic heterocycles.